The van der Waals surface area contributed by atoms with E-state index in [2.05, 4.69) is 10.3 Å². The van der Waals surface area contributed by atoms with Crippen molar-refractivity contribution < 1.29 is 13.2 Å². The predicted molar refractivity (Wildman–Crippen MR) is 108 cm³/mol. The van der Waals surface area contributed by atoms with Crippen LogP contribution in [-0.2, 0) is 16.5 Å². The molecule has 0 radical (unpaired) electrons. The lowest BCUT2D eigenvalue weighted by Gasteiger charge is -2.11. The molecule has 0 spiro atoms. The van der Waals surface area contributed by atoms with Crippen molar-refractivity contribution in [3.05, 3.63) is 76.9 Å². The Morgan fingerprint density at radius 3 is 2.59 bits per heavy atom. The Morgan fingerprint density at radius 2 is 1.93 bits per heavy atom. The lowest BCUT2D eigenvalue weighted by atomic mass is 10.1. The van der Waals surface area contributed by atoms with Crippen molar-refractivity contribution in [2.75, 3.05) is 11.1 Å². The fraction of sp³-hybridized carbons (Fsp3) is 0.0526. The molecule has 0 aliphatic carbocycles. The SMILES string of the molecule is Nc1cc(C[SH](=O)=O)ccc1C(=O)Nc1ccc(Cl)c(-c2ccccn2)c1. The molecule has 8 heteroatoms. The molecule has 3 aromatic rings. The average molecular weight is 402 g/mol. The maximum absolute atomic E-state index is 12.5. The van der Waals surface area contributed by atoms with Gasteiger partial charge in [-0.05, 0) is 48.0 Å². The predicted octanol–water partition coefficient (Wildman–Crippen LogP) is 3.35. The van der Waals surface area contributed by atoms with E-state index in [9.17, 15) is 13.2 Å². The summed E-state index contributed by atoms with van der Waals surface area (Å²) in [5.41, 5.74) is 8.83. The number of carbonyl (C=O) groups excluding carboxylic acids is 1. The lowest BCUT2D eigenvalue weighted by molar-refractivity contribution is 0.102. The van der Waals surface area contributed by atoms with Gasteiger partial charge in [-0.1, -0.05) is 23.7 Å². The van der Waals surface area contributed by atoms with Gasteiger partial charge in [-0.2, -0.15) is 0 Å². The Kier molecular flexibility index (Phi) is 5.73. The summed E-state index contributed by atoms with van der Waals surface area (Å²) in [6, 6.07) is 15.1. The minimum absolute atomic E-state index is 0.119. The van der Waals surface area contributed by atoms with Crippen LogP contribution in [0, 0.1) is 0 Å². The topological polar surface area (TPSA) is 102 Å². The third-order valence-corrected chi connectivity index (χ3v) is 4.79. The Labute approximate surface area is 163 Å². The van der Waals surface area contributed by atoms with E-state index in [1.165, 1.54) is 12.1 Å². The van der Waals surface area contributed by atoms with E-state index >= 15 is 0 Å². The highest BCUT2D eigenvalue weighted by Gasteiger charge is 2.13. The van der Waals surface area contributed by atoms with E-state index in [0.29, 0.717) is 27.5 Å². The number of halogens is 1. The first kappa shape index (κ1) is 18.9. The summed E-state index contributed by atoms with van der Waals surface area (Å²) >= 11 is 6.25. The van der Waals surface area contributed by atoms with Crippen molar-refractivity contribution in [3.8, 4) is 11.3 Å². The van der Waals surface area contributed by atoms with Crippen molar-refractivity contribution in [1.82, 2.24) is 4.98 Å². The van der Waals surface area contributed by atoms with Gasteiger partial charge in [0.2, 0.25) is 0 Å². The van der Waals surface area contributed by atoms with Gasteiger partial charge in [0.05, 0.1) is 22.0 Å². The number of benzene rings is 2. The normalized spacial score (nSPS) is 10.7. The van der Waals surface area contributed by atoms with E-state index in [1.54, 1.807) is 36.5 Å². The molecule has 27 heavy (non-hydrogen) atoms. The number of nitrogen functional groups attached to an aromatic ring is 1. The molecule has 1 aromatic heterocycles. The minimum atomic E-state index is -2.56. The van der Waals surface area contributed by atoms with Crippen molar-refractivity contribution >= 4 is 39.6 Å². The summed E-state index contributed by atoms with van der Waals surface area (Å²) in [6.07, 6.45) is 1.66. The molecule has 0 unspecified atom stereocenters. The zero-order valence-corrected chi connectivity index (χ0v) is 15.7. The van der Waals surface area contributed by atoms with Crippen LogP contribution in [-0.4, -0.2) is 19.3 Å². The van der Waals surface area contributed by atoms with Gasteiger partial charge in [-0.3, -0.25) is 9.78 Å². The van der Waals surface area contributed by atoms with Gasteiger partial charge in [-0.15, -0.1) is 0 Å². The maximum atomic E-state index is 12.5. The van der Waals surface area contributed by atoms with Gasteiger partial charge in [0.1, 0.15) is 10.7 Å². The van der Waals surface area contributed by atoms with Crippen LogP contribution in [0.5, 0.6) is 0 Å². The van der Waals surface area contributed by atoms with Gasteiger partial charge >= 0.3 is 0 Å². The van der Waals surface area contributed by atoms with Gasteiger partial charge in [0.25, 0.3) is 5.91 Å². The first-order valence-corrected chi connectivity index (χ1v) is 9.70. The molecule has 138 valence electrons. The molecule has 0 fully saturated rings. The maximum Gasteiger partial charge on any atom is 0.257 e. The van der Waals surface area contributed by atoms with Crippen LogP contribution >= 0.6 is 11.6 Å². The standard InChI is InChI=1S/C19H16ClN3O3S/c20-16-7-5-13(10-15(16)18-3-1-2-8-22-18)23-19(24)14-6-4-12(9-17(14)21)11-27(25)26/h1-10,27H,11,21H2,(H,23,24). The molecule has 0 saturated heterocycles. The molecule has 0 aliphatic heterocycles. The van der Waals surface area contributed by atoms with Crippen molar-refractivity contribution in [3.63, 3.8) is 0 Å². The molecule has 1 heterocycles. The number of hydrogen-bond donors (Lipinski definition) is 3. The molecule has 1 amide bonds. The van der Waals surface area contributed by atoms with Crippen LogP contribution in [0.15, 0.2) is 60.8 Å². The number of pyridine rings is 1. The van der Waals surface area contributed by atoms with Crippen molar-refractivity contribution in [2.45, 2.75) is 5.75 Å². The summed E-state index contributed by atoms with van der Waals surface area (Å²) in [4.78, 5) is 16.8. The number of carbonyl (C=O) groups is 1. The molecule has 6 nitrogen and oxygen atoms in total. The number of aromatic nitrogens is 1. The van der Waals surface area contributed by atoms with Crippen LogP contribution in [0.2, 0.25) is 5.02 Å². The Morgan fingerprint density at radius 1 is 1.11 bits per heavy atom. The fourth-order valence-corrected chi connectivity index (χ4v) is 3.30. The minimum Gasteiger partial charge on any atom is -0.398 e. The lowest BCUT2D eigenvalue weighted by Crippen LogP contribution is -2.14. The third kappa shape index (κ3) is 4.64. The van der Waals surface area contributed by atoms with Crippen LogP contribution in [0.25, 0.3) is 11.3 Å². The van der Waals surface area contributed by atoms with Crippen molar-refractivity contribution in [1.29, 1.82) is 0 Å². The molecular weight excluding hydrogens is 386 g/mol. The second-order valence-electron chi connectivity index (χ2n) is 5.78. The van der Waals surface area contributed by atoms with Gasteiger partial charge < -0.3 is 11.1 Å². The first-order valence-electron chi connectivity index (χ1n) is 7.96. The van der Waals surface area contributed by atoms with Crippen LogP contribution in [0.1, 0.15) is 15.9 Å². The molecular formula is C19H16ClN3O3S. The van der Waals surface area contributed by atoms with Gasteiger partial charge in [-0.25, -0.2) is 8.42 Å². The Hall–Kier alpha value is -2.90. The molecule has 0 saturated carbocycles. The quantitative estimate of drug-likeness (QED) is 0.449. The zero-order chi connectivity index (χ0) is 19.4. The number of nitrogens with one attached hydrogen (secondary N) is 1. The third-order valence-electron chi connectivity index (χ3n) is 3.84. The first-order chi connectivity index (χ1) is 12.9. The molecule has 2 aromatic carbocycles. The van der Waals surface area contributed by atoms with Gasteiger partial charge in [0, 0.05) is 23.1 Å². The number of amides is 1. The van der Waals surface area contributed by atoms with Gasteiger partial charge in [0.15, 0.2) is 0 Å². The van der Waals surface area contributed by atoms with E-state index in [0.717, 1.165) is 0 Å². The molecule has 0 atom stereocenters. The number of nitrogens with zero attached hydrogens (tertiary/aromatic N) is 1. The molecule has 3 N–H and O–H groups in total. The highest BCUT2D eigenvalue weighted by molar-refractivity contribution is 7.71. The van der Waals surface area contributed by atoms with E-state index in [1.807, 2.05) is 12.1 Å². The zero-order valence-electron chi connectivity index (χ0n) is 14.1. The van der Waals surface area contributed by atoms with Crippen molar-refractivity contribution in [2.24, 2.45) is 0 Å². The van der Waals surface area contributed by atoms with Crippen LogP contribution in [0.4, 0.5) is 11.4 Å². The van der Waals surface area contributed by atoms with E-state index in [4.69, 9.17) is 17.3 Å². The molecule has 0 aliphatic rings. The smallest absolute Gasteiger partial charge is 0.257 e. The largest absolute Gasteiger partial charge is 0.398 e. The number of thiol groups is 1. The van der Waals surface area contributed by atoms with Crippen LogP contribution < -0.4 is 11.1 Å². The van der Waals surface area contributed by atoms with Crippen LogP contribution in [0.3, 0.4) is 0 Å². The summed E-state index contributed by atoms with van der Waals surface area (Å²) in [6.45, 7) is 0. The molecule has 3 rings (SSSR count). The summed E-state index contributed by atoms with van der Waals surface area (Å²) in [7, 11) is -2.56. The summed E-state index contributed by atoms with van der Waals surface area (Å²) < 4.78 is 21.6. The monoisotopic (exact) mass is 401 g/mol. The summed E-state index contributed by atoms with van der Waals surface area (Å²) in [5.74, 6) is -0.522. The van der Waals surface area contributed by atoms with E-state index < -0.39 is 16.6 Å². The highest BCUT2D eigenvalue weighted by atomic mass is 35.5. The number of anilines is 2. The number of hydrogen-bond acceptors (Lipinski definition) is 5. The fourth-order valence-electron chi connectivity index (χ4n) is 2.59. The second kappa shape index (κ2) is 8.20. The number of rotatable bonds is 5. The van der Waals surface area contributed by atoms with E-state index in [-0.39, 0.29) is 17.0 Å². The number of nitrogens with two attached hydrogens (primary N) is 1. The summed E-state index contributed by atoms with van der Waals surface area (Å²) in [5, 5.41) is 3.29. The second-order valence-corrected chi connectivity index (χ2v) is 7.17. The Balaban J connectivity index is 1.84. The highest BCUT2D eigenvalue weighted by Crippen LogP contribution is 2.29. The Bertz CT molecular complexity index is 1060. The average Bonchev–Trinajstić information content (AvgIpc) is 2.63. The molecule has 0 bridgehead atoms.